The minimum absolute atomic E-state index is 0.233. The van der Waals surface area contributed by atoms with Gasteiger partial charge in [-0.2, -0.15) is 0 Å². The van der Waals surface area contributed by atoms with Gasteiger partial charge in [0, 0.05) is 73.3 Å². The molecule has 3 saturated heterocycles. The summed E-state index contributed by atoms with van der Waals surface area (Å²) in [6, 6.07) is 7.77. The normalized spacial score (nSPS) is 23.4. The molecule has 6 heterocycles. The van der Waals surface area contributed by atoms with Crippen molar-refractivity contribution in [1.29, 1.82) is 0 Å². The zero-order chi connectivity index (χ0) is 25.6. The number of nitrogens with zero attached hydrogens (tertiary/aromatic N) is 5. The average Bonchev–Trinajstić information content (AvgIpc) is 3.55. The van der Waals surface area contributed by atoms with Crippen LogP contribution in [0.4, 0.5) is 10.2 Å². The van der Waals surface area contributed by atoms with Crippen molar-refractivity contribution in [1.82, 2.24) is 24.8 Å². The second kappa shape index (κ2) is 10.2. The third-order valence-electron chi connectivity index (χ3n) is 8.37. The van der Waals surface area contributed by atoms with Crippen molar-refractivity contribution in [3.63, 3.8) is 0 Å². The van der Waals surface area contributed by atoms with E-state index in [1.165, 1.54) is 30.5 Å². The maximum Gasteiger partial charge on any atom is 0.165 e. The van der Waals surface area contributed by atoms with E-state index in [-0.39, 0.29) is 12.4 Å². The van der Waals surface area contributed by atoms with Crippen molar-refractivity contribution in [2.24, 2.45) is 5.92 Å². The predicted octanol–water partition coefficient (Wildman–Crippen LogP) is 3.70. The number of aliphatic hydroxyl groups excluding tert-OH is 1. The summed E-state index contributed by atoms with van der Waals surface area (Å²) in [7, 11) is 0. The molecule has 0 amide bonds. The van der Waals surface area contributed by atoms with Crippen LogP contribution in [0.2, 0.25) is 0 Å². The summed E-state index contributed by atoms with van der Waals surface area (Å²) in [4.78, 5) is 21.5. The zero-order valence-corrected chi connectivity index (χ0v) is 22.2. The fraction of sp³-hybridized carbons (Fsp3) is 0.500. The van der Waals surface area contributed by atoms with Crippen molar-refractivity contribution in [2.45, 2.75) is 25.4 Å². The second-order valence-corrected chi connectivity index (χ2v) is 11.8. The topological polar surface area (TPSA) is 80.7 Å². The van der Waals surface area contributed by atoms with E-state index in [0.717, 1.165) is 66.1 Å². The maximum absolute atomic E-state index is 15.2. The molecule has 3 aliphatic heterocycles. The average molecular weight is 537 g/mol. The molecule has 2 N–H and O–H groups in total. The lowest BCUT2D eigenvalue weighted by Crippen LogP contribution is -2.55. The number of hydrogen-bond donors (Lipinski definition) is 2. The van der Waals surface area contributed by atoms with E-state index in [9.17, 15) is 5.11 Å². The SMILES string of the molecule is OC[C@H]1CN(Cc2cc3nc(-c4c(F)ccc5[nH]ccc45)nc(N4CCOCC4)c3s2)CC[C@H]1N1CCC1. The van der Waals surface area contributed by atoms with E-state index >= 15 is 4.39 Å². The number of halogens is 1. The lowest BCUT2D eigenvalue weighted by molar-refractivity contribution is -0.00293. The maximum atomic E-state index is 15.2. The first-order chi connectivity index (χ1) is 18.7. The Balaban J connectivity index is 1.24. The van der Waals surface area contributed by atoms with Gasteiger partial charge in [-0.3, -0.25) is 9.80 Å². The molecular weight excluding hydrogens is 503 g/mol. The Hall–Kier alpha value is -2.63. The third-order valence-corrected chi connectivity index (χ3v) is 9.48. The first-order valence-corrected chi connectivity index (χ1v) is 14.5. The van der Waals surface area contributed by atoms with Crippen LogP contribution in [0, 0.1) is 11.7 Å². The summed E-state index contributed by atoms with van der Waals surface area (Å²) < 4.78 is 21.8. The van der Waals surface area contributed by atoms with Crippen LogP contribution in [-0.2, 0) is 11.3 Å². The van der Waals surface area contributed by atoms with Gasteiger partial charge in [0.05, 0.1) is 29.0 Å². The summed E-state index contributed by atoms with van der Waals surface area (Å²) in [5, 5.41) is 10.9. The Kier molecular flexibility index (Phi) is 6.53. The second-order valence-electron chi connectivity index (χ2n) is 10.7. The number of morpholine rings is 1. The first-order valence-electron chi connectivity index (χ1n) is 13.6. The fourth-order valence-electron chi connectivity index (χ4n) is 6.27. The number of aliphatic hydroxyl groups is 1. The number of fused-ring (bicyclic) bond motifs is 2. The summed E-state index contributed by atoms with van der Waals surface area (Å²) in [6.07, 6.45) is 4.19. The van der Waals surface area contributed by atoms with Gasteiger partial charge in [-0.25, -0.2) is 14.4 Å². The standard InChI is InChI=1S/C28H33FN6O2S/c29-21-2-3-22-20(4-6-30-22)25(21)27-31-23-14-19(38-26(23)28(32-27)35-10-12-37-13-11-35)16-33-9-5-24(18(15-33)17-36)34-7-1-8-34/h2-4,6,14,18,24,30,36H,1,5,7-13,15-17H2/t18-,24-/m1/s1. The van der Waals surface area contributed by atoms with Gasteiger partial charge in [0.1, 0.15) is 5.82 Å². The number of aromatic amines is 1. The monoisotopic (exact) mass is 536 g/mol. The Morgan fingerprint density at radius 2 is 1.97 bits per heavy atom. The van der Waals surface area contributed by atoms with Gasteiger partial charge in [0.25, 0.3) is 0 Å². The minimum atomic E-state index is -0.319. The van der Waals surface area contributed by atoms with E-state index in [4.69, 9.17) is 14.7 Å². The van der Waals surface area contributed by atoms with Crippen molar-refractivity contribution >= 4 is 38.3 Å². The molecule has 38 heavy (non-hydrogen) atoms. The van der Waals surface area contributed by atoms with Crippen molar-refractivity contribution in [3.8, 4) is 11.4 Å². The van der Waals surface area contributed by atoms with Gasteiger partial charge in [-0.1, -0.05) is 0 Å². The van der Waals surface area contributed by atoms with Crippen LogP contribution in [0.1, 0.15) is 17.7 Å². The molecule has 0 unspecified atom stereocenters. The Bertz CT molecular complexity index is 1450. The first kappa shape index (κ1) is 24.4. The van der Waals surface area contributed by atoms with Crippen LogP contribution in [0.25, 0.3) is 32.5 Å². The summed E-state index contributed by atoms with van der Waals surface area (Å²) >= 11 is 1.73. The molecule has 3 aromatic heterocycles. The molecule has 0 saturated carbocycles. The van der Waals surface area contributed by atoms with Crippen molar-refractivity contribution in [3.05, 3.63) is 41.2 Å². The van der Waals surface area contributed by atoms with Gasteiger partial charge < -0.3 is 19.7 Å². The highest BCUT2D eigenvalue weighted by atomic mass is 32.1. The Morgan fingerprint density at radius 1 is 1.11 bits per heavy atom. The van der Waals surface area contributed by atoms with E-state index in [1.807, 2.05) is 12.3 Å². The largest absolute Gasteiger partial charge is 0.396 e. The number of piperidine rings is 1. The van der Waals surface area contributed by atoms with Gasteiger partial charge in [0.15, 0.2) is 11.6 Å². The molecule has 0 bridgehead atoms. The number of anilines is 1. The molecule has 7 rings (SSSR count). The van der Waals surface area contributed by atoms with Crippen molar-refractivity contribution in [2.75, 3.05) is 64.0 Å². The molecule has 8 nitrogen and oxygen atoms in total. The van der Waals surface area contributed by atoms with Crippen LogP contribution >= 0.6 is 11.3 Å². The van der Waals surface area contributed by atoms with Gasteiger partial charge >= 0.3 is 0 Å². The number of ether oxygens (including phenoxy) is 1. The zero-order valence-electron chi connectivity index (χ0n) is 21.4. The highest BCUT2D eigenvalue weighted by molar-refractivity contribution is 7.19. The molecule has 3 aliphatic rings. The van der Waals surface area contributed by atoms with E-state index in [0.29, 0.717) is 36.6 Å². The summed E-state index contributed by atoms with van der Waals surface area (Å²) in [5.41, 5.74) is 2.16. The number of likely N-dealkylation sites (tertiary alicyclic amines) is 2. The molecule has 0 spiro atoms. The molecule has 10 heteroatoms. The molecule has 0 aliphatic carbocycles. The fourth-order valence-corrected chi connectivity index (χ4v) is 7.42. The van der Waals surface area contributed by atoms with Crippen LogP contribution in [0.15, 0.2) is 30.5 Å². The Labute approximate surface area is 225 Å². The van der Waals surface area contributed by atoms with Gasteiger partial charge in [0.2, 0.25) is 0 Å². The lowest BCUT2D eigenvalue weighted by Gasteiger charge is -2.47. The van der Waals surface area contributed by atoms with Gasteiger partial charge in [-0.05, 0) is 50.2 Å². The van der Waals surface area contributed by atoms with E-state index in [1.54, 1.807) is 17.4 Å². The van der Waals surface area contributed by atoms with Gasteiger partial charge in [-0.15, -0.1) is 11.3 Å². The number of nitrogens with one attached hydrogen (secondary N) is 1. The molecule has 200 valence electrons. The lowest BCUT2D eigenvalue weighted by atomic mass is 9.89. The third kappa shape index (κ3) is 4.38. The minimum Gasteiger partial charge on any atom is -0.396 e. The number of hydrogen-bond acceptors (Lipinski definition) is 8. The number of benzene rings is 1. The Morgan fingerprint density at radius 3 is 2.76 bits per heavy atom. The number of rotatable bonds is 6. The number of aromatic nitrogens is 3. The highest BCUT2D eigenvalue weighted by Gasteiger charge is 2.35. The molecule has 0 radical (unpaired) electrons. The van der Waals surface area contributed by atoms with Crippen LogP contribution in [-0.4, -0.2) is 95.0 Å². The quantitative estimate of drug-likeness (QED) is 0.389. The van der Waals surface area contributed by atoms with Crippen LogP contribution in [0.5, 0.6) is 0 Å². The predicted molar refractivity (Wildman–Crippen MR) is 148 cm³/mol. The number of H-pyrrole nitrogens is 1. The molecule has 4 aromatic rings. The van der Waals surface area contributed by atoms with E-state index in [2.05, 4.69) is 25.8 Å². The van der Waals surface area contributed by atoms with Crippen LogP contribution in [0.3, 0.4) is 0 Å². The summed E-state index contributed by atoms with van der Waals surface area (Å²) in [5.74, 6) is 1.25. The van der Waals surface area contributed by atoms with Crippen LogP contribution < -0.4 is 4.90 Å². The smallest absolute Gasteiger partial charge is 0.165 e. The number of thiophene rings is 1. The summed E-state index contributed by atoms with van der Waals surface area (Å²) in [6.45, 7) is 8.11. The molecular formula is C28H33FN6O2S. The molecule has 1 aromatic carbocycles. The molecule has 2 atom stereocenters. The van der Waals surface area contributed by atoms with Crippen molar-refractivity contribution < 1.29 is 14.2 Å². The highest BCUT2D eigenvalue weighted by Crippen LogP contribution is 2.38. The van der Waals surface area contributed by atoms with E-state index < -0.39 is 0 Å². The molecule has 3 fully saturated rings.